The topological polar surface area (TPSA) is 89.4 Å². The molecule has 7 nitrogen and oxygen atoms in total. The molecule has 0 aliphatic carbocycles. The van der Waals surface area contributed by atoms with Crippen molar-refractivity contribution in [3.63, 3.8) is 0 Å². The van der Waals surface area contributed by atoms with E-state index in [-0.39, 0.29) is 5.91 Å². The highest BCUT2D eigenvalue weighted by molar-refractivity contribution is 5.96. The van der Waals surface area contributed by atoms with Crippen LogP contribution in [0.5, 0.6) is 0 Å². The lowest BCUT2D eigenvalue weighted by molar-refractivity contribution is 0.0697. The Kier molecular flexibility index (Phi) is 3.83. The van der Waals surface area contributed by atoms with E-state index in [2.05, 4.69) is 22.0 Å². The van der Waals surface area contributed by atoms with Gasteiger partial charge >= 0.3 is 0 Å². The van der Waals surface area contributed by atoms with Crippen molar-refractivity contribution >= 4 is 17.4 Å². The van der Waals surface area contributed by atoms with Gasteiger partial charge in [-0.1, -0.05) is 13.0 Å². The lowest BCUT2D eigenvalue weighted by Gasteiger charge is -2.30. The van der Waals surface area contributed by atoms with Gasteiger partial charge in [-0.25, -0.2) is 4.98 Å². The van der Waals surface area contributed by atoms with Crippen molar-refractivity contribution in [2.24, 2.45) is 5.92 Å². The van der Waals surface area contributed by atoms with Crippen molar-refractivity contribution < 1.29 is 4.79 Å². The van der Waals surface area contributed by atoms with E-state index < -0.39 is 0 Å². The average Bonchev–Trinajstić information content (AvgIpc) is 3.07. The molecule has 7 heteroatoms. The molecule has 1 amide bonds. The molecule has 0 bridgehead atoms. The van der Waals surface area contributed by atoms with Crippen molar-refractivity contribution in [2.45, 2.75) is 19.8 Å². The van der Waals surface area contributed by atoms with Crippen LogP contribution >= 0.6 is 0 Å². The zero-order valence-electron chi connectivity index (χ0n) is 14.1. The Hall–Kier alpha value is -2.96. The van der Waals surface area contributed by atoms with Crippen LogP contribution in [-0.2, 0) is 0 Å². The van der Waals surface area contributed by atoms with Crippen LogP contribution in [0.4, 0.5) is 5.82 Å². The smallest absolute Gasteiger partial charge is 0.254 e. The van der Waals surface area contributed by atoms with Gasteiger partial charge in [0.2, 0.25) is 5.82 Å². The first-order valence-electron chi connectivity index (χ1n) is 8.49. The molecule has 2 N–H and O–H groups in total. The molecule has 3 aromatic heterocycles. The molecule has 25 heavy (non-hydrogen) atoms. The Labute approximate surface area is 145 Å². The maximum atomic E-state index is 12.8. The summed E-state index contributed by atoms with van der Waals surface area (Å²) in [5.74, 6) is 1.56. The fourth-order valence-electron chi connectivity index (χ4n) is 3.13. The van der Waals surface area contributed by atoms with Crippen molar-refractivity contribution in [1.82, 2.24) is 24.5 Å². The quantitative estimate of drug-likeness (QED) is 0.775. The number of anilines is 1. The third-order valence-electron chi connectivity index (χ3n) is 4.68. The number of nitrogens with zero attached hydrogens (tertiary/aromatic N) is 5. The van der Waals surface area contributed by atoms with Crippen LogP contribution in [-0.4, -0.2) is 43.5 Å². The van der Waals surface area contributed by atoms with Crippen molar-refractivity contribution in [3.05, 3.63) is 42.1 Å². The number of nitrogens with two attached hydrogens (primary N) is 1. The molecule has 128 valence electrons. The number of likely N-dealkylation sites (tertiary alicyclic amines) is 1. The first kappa shape index (κ1) is 15.6. The first-order chi connectivity index (χ1) is 12.1. The molecule has 4 rings (SSSR count). The van der Waals surface area contributed by atoms with Crippen LogP contribution in [0.15, 0.2) is 36.5 Å². The van der Waals surface area contributed by atoms with Gasteiger partial charge in [-0.05, 0) is 43.0 Å². The lowest BCUT2D eigenvalue weighted by Crippen LogP contribution is -2.38. The van der Waals surface area contributed by atoms with E-state index in [4.69, 9.17) is 5.73 Å². The monoisotopic (exact) mass is 336 g/mol. The van der Waals surface area contributed by atoms with Gasteiger partial charge in [0.05, 0.1) is 0 Å². The van der Waals surface area contributed by atoms with Crippen LogP contribution in [0, 0.1) is 5.92 Å². The number of pyridine rings is 2. The van der Waals surface area contributed by atoms with Crippen molar-refractivity contribution in [2.75, 3.05) is 18.8 Å². The van der Waals surface area contributed by atoms with Gasteiger partial charge in [-0.15, -0.1) is 5.10 Å². The van der Waals surface area contributed by atoms with E-state index in [0.29, 0.717) is 34.5 Å². The first-order valence-corrected chi connectivity index (χ1v) is 8.49. The predicted octanol–water partition coefficient (Wildman–Crippen LogP) is 2.25. The summed E-state index contributed by atoms with van der Waals surface area (Å²) in [5, 5.41) is 4.40. The molecule has 1 fully saturated rings. The van der Waals surface area contributed by atoms with E-state index in [1.165, 1.54) is 0 Å². The summed E-state index contributed by atoms with van der Waals surface area (Å²) in [6.45, 7) is 3.80. The fourth-order valence-corrected chi connectivity index (χ4v) is 3.13. The minimum atomic E-state index is 0.00323. The fraction of sp³-hybridized carbons (Fsp3) is 0.333. The number of nitrogen functional groups attached to an aromatic ring is 1. The van der Waals surface area contributed by atoms with E-state index >= 15 is 0 Å². The molecule has 3 aromatic rings. The number of carbonyl (C=O) groups is 1. The van der Waals surface area contributed by atoms with Gasteiger partial charge < -0.3 is 10.6 Å². The lowest BCUT2D eigenvalue weighted by atomic mass is 9.99. The molecule has 0 unspecified atom stereocenters. The van der Waals surface area contributed by atoms with Crippen molar-refractivity contribution in [1.29, 1.82) is 0 Å². The number of amides is 1. The standard InChI is InChI=1S/C18H20N6O/c1-12-5-8-23(9-6-12)18(25)13-10-15(19)24-16(11-13)21-17(22-24)14-4-2-3-7-20-14/h2-4,7,10-12H,5-6,8-9,19H2,1H3. The SMILES string of the molecule is CC1CCN(C(=O)c2cc(N)n3nc(-c4ccccn4)nc3c2)CC1. The third kappa shape index (κ3) is 2.93. The number of aromatic nitrogens is 4. The van der Waals surface area contributed by atoms with E-state index in [1.54, 1.807) is 22.8 Å². The Balaban J connectivity index is 1.68. The Morgan fingerprint density at radius 3 is 2.76 bits per heavy atom. The highest BCUT2D eigenvalue weighted by Gasteiger charge is 2.22. The second kappa shape index (κ2) is 6.16. The average molecular weight is 336 g/mol. The van der Waals surface area contributed by atoms with Crippen molar-refractivity contribution in [3.8, 4) is 11.5 Å². The van der Waals surface area contributed by atoms with Gasteiger partial charge in [0.1, 0.15) is 11.5 Å². The van der Waals surface area contributed by atoms with E-state index in [9.17, 15) is 4.79 Å². The molecule has 1 aliphatic heterocycles. The predicted molar refractivity (Wildman–Crippen MR) is 94.9 cm³/mol. The van der Waals surface area contributed by atoms with E-state index in [0.717, 1.165) is 25.9 Å². The van der Waals surface area contributed by atoms with Crippen LogP contribution in [0.25, 0.3) is 17.2 Å². The summed E-state index contributed by atoms with van der Waals surface area (Å²) in [6.07, 6.45) is 3.77. The van der Waals surface area contributed by atoms with Gasteiger partial charge in [-0.2, -0.15) is 4.52 Å². The summed E-state index contributed by atoms with van der Waals surface area (Å²) >= 11 is 0. The molecule has 1 saturated heterocycles. The molecule has 0 atom stereocenters. The Bertz CT molecular complexity index is 912. The second-order valence-electron chi connectivity index (χ2n) is 6.56. The molecule has 0 spiro atoms. The van der Waals surface area contributed by atoms with Crippen LogP contribution in [0.1, 0.15) is 30.1 Å². The molecular formula is C18H20N6O. The highest BCUT2D eigenvalue weighted by atomic mass is 16.2. The number of hydrogen-bond donors (Lipinski definition) is 1. The Morgan fingerprint density at radius 1 is 1.24 bits per heavy atom. The normalized spacial score (nSPS) is 15.6. The summed E-state index contributed by atoms with van der Waals surface area (Å²) in [5.41, 5.74) is 7.88. The van der Waals surface area contributed by atoms with Gasteiger partial charge in [0.25, 0.3) is 5.91 Å². The summed E-state index contributed by atoms with van der Waals surface area (Å²) in [6, 6.07) is 8.97. The summed E-state index contributed by atoms with van der Waals surface area (Å²) in [7, 11) is 0. The van der Waals surface area contributed by atoms with Gasteiger partial charge in [0.15, 0.2) is 5.65 Å². The summed E-state index contributed by atoms with van der Waals surface area (Å²) in [4.78, 5) is 23.4. The van der Waals surface area contributed by atoms with Crippen LogP contribution < -0.4 is 5.73 Å². The van der Waals surface area contributed by atoms with Gasteiger partial charge in [-0.3, -0.25) is 9.78 Å². The van der Waals surface area contributed by atoms with Crippen LogP contribution in [0.2, 0.25) is 0 Å². The number of carbonyl (C=O) groups excluding carboxylic acids is 1. The summed E-state index contributed by atoms with van der Waals surface area (Å²) < 4.78 is 1.54. The molecule has 0 aromatic carbocycles. The minimum absolute atomic E-state index is 0.00323. The molecular weight excluding hydrogens is 316 g/mol. The third-order valence-corrected chi connectivity index (χ3v) is 4.68. The van der Waals surface area contributed by atoms with Crippen LogP contribution in [0.3, 0.4) is 0 Å². The van der Waals surface area contributed by atoms with E-state index in [1.807, 2.05) is 23.1 Å². The van der Waals surface area contributed by atoms with Gasteiger partial charge in [0, 0.05) is 24.8 Å². The highest BCUT2D eigenvalue weighted by Crippen LogP contribution is 2.21. The molecule has 1 aliphatic rings. The maximum absolute atomic E-state index is 12.8. The molecule has 0 radical (unpaired) electrons. The Morgan fingerprint density at radius 2 is 2.04 bits per heavy atom. The zero-order chi connectivity index (χ0) is 17.4. The second-order valence-corrected chi connectivity index (χ2v) is 6.56. The maximum Gasteiger partial charge on any atom is 0.254 e. The number of rotatable bonds is 2. The largest absolute Gasteiger partial charge is 0.384 e. The zero-order valence-corrected chi connectivity index (χ0v) is 14.1. The molecule has 0 saturated carbocycles. The number of fused-ring (bicyclic) bond motifs is 1. The molecule has 4 heterocycles. The number of hydrogen-bond acceptors (Lipinski definition) is 5. The number of piperidine rings is 1. The minimum Gasteiger partial charge on any atom is -0.384 e.